The monoisotopic (exact) mass is 863 g/mol. The quantitative estimate of drug-likeness (QED) is 0.0344. The van der Waals surface area contributed by atoms with E-state index in [-0.39, 0.29) is 31.1 Å². The number of carbonyl (C=O) groups excluding carboxylic acids is 3. The Bertz CT molecular complexity index is 933. The minimum atomic E-state index is -0.762. The predicted molar refractivity (Wildman–Crippen MR) is 261 cm³/mol. The third-order valence-electron chi connectivity index (χ3n) is 12.8. The van der Waals surface area contributed by atoms with Crippen LogP contribution in [0, 0.1) is 11.8 Å². The zero-order chi connectivity index (χ0) is 44.7. The average molecular weight is 863 g/mol. The molecule has 0 amide bonds. The summed E-state index contributed by atoms with van der Waals surface area (Å²) in [5, 5.41) is 0. The van der Waals surface area contributed by atoms with Crippen LogP contribution in [0.3, 0.4) is 0 Å². The van der Waals surface area contributed by atoms with E-state index >= 15 is 0 Å². The molecule has 0 saturated heterocycles. The number of carbonyl (C=O) groups is 3. The Kier molecular flexibility index (Phi) is 46.6. The van der Waals surface area contributed by atoms with Gasteiger partial charge in [-0.3, -0.25) is 14.4 Å². The molecule has 0 aromatic rings. The van der Waals surface area contributed by atoms with Gasteiger partial charge in [0.1, 0.15) is 13.2 Å². The first-order valence-corrected chi connectivity index (χ1v) is 27.3. The fraction of sp³-hybridized carbons (Fsp3) is 0.945. The molecule has 0 aromatic carbocycles. The molecule has 0 rings (SSSR count). The maximum Gasteiger partial charge on any atom is 0.306 e. The molecule has 6 nitrogen and oxygen atoms in total. The molecular weight excluding hydrogens is 757 g/mol. The second-order valence-electron chi connectivity index (χ2n) is 19.6. The van der Waals surface area contributed by atoms with Crippen LogP contribution in [0.4, 0.5) is 0 Å². The summed E-state index contributed by atoms with van der Waals surface area (Å²) in [4.78, 5) is 38.0. The van der Waals surface area contributed by atoms with Gasteiger partial charge in [-0.05, 0) is 31.1 Å². The van der Waals surface area contributed by atoms with Gasteiger partial charge in [-0.2, -0.15) is 0 Å². The number of hydrogen-bond donors (Lipinski definition) is 0. The Hall–Kier alpha value is -1.59. The number of rotatable bonds is 49. The van der Waals surface area contributed by atoms with E-state index in [9.17, 15) is 14.4 Å². The van der Waals surface area contributed by atoms with Crippen molar-refractivity contribution in [2.75, 3.05) is 13.2 Å². The molecule has 0 fully saturated rings. The van der Waals surface area contributed by atoms with Crippen LogP contribution in [0.15, 0.2) is 0 Å². The van der Waals surface area contributed by atoms with Crippen molar-refractivity contribution >= 4 is 17.9 Å². The van der Waals surface area contributed by atoms with E-state index in [1.807, 2.05) is 0 Å². The van der Waals surface area contributed by atoms with Crippen molar-refractivity contribution in [1.29, 1.82) is 0 Å². The van der Waals surface area contributed by atoms with Crippen LogP contribution in [-0.2, 0) is 28.6 Å². The zero-order valence-corrected chi connectivity index (χ0v) is 41.8. The van der Waals surface area contributed by atoms with E-state index in [4.69, 9.17) is 14.2 Å². The summed E-state index contributed by atoms with van der Waals surface area (Å²) in [6.07, 6.45) is 49.4. The van der Waals surface area contributed by atoms with Crippen molar-refractivity contribution in [3.63, 3.8) is 0 Å². The lowest BCUT2D eigenvalue weighted by molar-refractivity contribution is -0.167. The van der Waals surface area contributed by atoms with Crippen LogP contribution in [0.25, 0.3) is 0 Å². The van der Waals surface area contributed by atoms with Crippen molar-refractivity contribution < 1.29 is 28.6 Å². The van der Waals surface area contributed by atoms with E-state index in [2.05, 4.69) is 34.6 Å². The van der Waals surface area contributed by atoms with Crippen molar-refractivity contribution in [3.05, 3.63) is 0 Å². The third kappa shape index (κ3) is 47.7. The van der Waals surface area contributed by atoms with Gasteiger partial charge in [0.15, 0.2) is 6.10 Å². The molecule has 0 bridgehead atoms. The van der Waals surface area contributed by atoms with E-state index in [1.165, 1.54) is 193 Å². The third-order valence-corrected chi connectivity index (χ3v) is 12.8. The molecular formula is C55H106O6. The molecule has 0 aliphatic carbocycles. The van der Waals surface area contributed by atoms with Gasteiger partial charge in [-0.1, -0.05) is 266 Å². The van der Waals surface area contributed by atoms with E-state index in [0.29, 0.717) is 19.3 Å². The highest BCUT2D eigenvalue weighted by Gasteiger charge is 2.19. The molecule has 0 saturated carbocycles. The van der Waals surface area contributed by atoms with Crippen LogP contribution < -0.4 is 0 Å². The number of esters is 3. The fourth-order valence-electron chi connectivity index (χ4n) is 8.31. The topological polar surface area (TPSA) is 78.9 Å². The molecule has 0 spiro atoms. The van der Waals surface area contributed by atoms with Gasteiger partial charge in [0.25, 0.3) is 0 Å². The summed E-state index contributed by atoms with van der Waals surface area (Å²) in [5.41, 5.74) is 0. The lowest BCUT2D eigenvalue weighted by atomic mass is 9.99. The van der Waals surface area contributed by atoms with Crippen LogP contribution >= 0.6 is 0 Å². The molecule has 1 unspecified atom stereocenters. The average Bonchev–Trinajstić information content (AvgIpc) is 3.24. The molecule has 0 radical (unpaired) electrons. The smallest absolute Gasteiger partial charge is 0.306 e. The normalized spacial score (nSPS) is 12.5. The van der Waals surface area contributed by atoms with Gasteiger partial charge in [0.05, 0.1) is 0 Å². The highest BCUT2D eigenvalue weighted by molar-refractivity contribution is 5.71. The van der Waals surface area contributed by atoms with Crippen molar-refractivity contribution in [3.8, 4) is 0 Å². The van der Waals surface area contributed by atoms with Gasteiger partial charge < -0.3 is 14.2 Å². The molecule has 0 aliphatic heterocycles. The molecule has 0 heterocycles. The second-order valence-corrected chi connectivity index (χ2v) is 19.6. The molecule has 0 aromatic heterocycles. The summed E-state index contributed by atoms with van der Waals surface area (Å²) in [5.74, 6) is 0.843. The Morgan fingerprint density at radius 1 is 0.344 bits per heavy atom. The van der Waals surface area contributed by atoms with Crippen molar-refractivity contribution in [2.24, 2.45) is 11.8 Å². The largest absolute Gasteiger partial charge is 0.462 e. The van der Waals surface area contributed by atoms with E-state index in [1.54, 1.807) is 0 Å². The molecule has 6 heteroatoms. The van der Waals surface area contributed by atoms with Crippen molar-refractivity contribution in [1.82, 2.24) is 0 Å². The summed E-state index contributed by atoms with van der Waals surface area (Å²) in [7, 11) is 0. The Labute approximate surface area is 380 Å². The maximum atomic E-state index is 12.8. The van der Waals surface area contributed by atoms with Gasteiger partial charge >= 0.3 is 17.9 Å². The fourth-order valence-corrected chi connectivity index (χ4v) is 8.31. The minimum absolute atomic E-state index is 0.0636. The molecule has 362 valence electrons. The summed E-state index contributed by atoms with van der Waals surface area (Å²) < 4.78 is 16.8. The molecule has 61 heavy (non-hydrogen) atoms. The summed E-state index contributed by atoms with van der Waals surface area (Å²) in [6.45, 7) is 11.4. The highest BCUT2D eigenvalue weighted by Crippen LogP contribution is 2.18. The highest BCUT2D eigenvalue weighted by atomic mass is 16.6. The zero-order valence-electron chi connectivity index (χ0n) is 41.8. The Morgan fingerprint density at radius 2 is 0.623 bits per heavy atom. The van der Waals surface area contributed by atoms with Crippen LogP contribution in [0.2, 0.25) is 0 Å². The Morgan fingerprint density at radius 3 is 0.934 bits per heavy atom. The summed E-state index contributed by atoms with van der Waals surface area (Å²) in [6, 6.07) is 0. The SMILES string of the molecule is CCCCCCCCCCCCCCCCCCC(=O)O[C@@H](COC(=O)CCCCCCCCCCCCC(C)C)COC(=O)CCCCCCCCCCCCC(C)CC. The van der Waals surface area contributed by atoms with Gasteiger partial charge in [0.2, 0.25) is 0 Å². The molecule has 0 N–H and O–H groups in total. The first kappa shape index (κ1) is 59.4. The van der Waals surface area contributed by atoms with Gasteiger partial charge in [-0.15, -0.1) is 0 Å². The van der Waals surface area contributed by atoms with Gasteiger partial charge in [-0.25, -0.2) is 0 Å². The predicted octanol–water partition coefficient (Wildman–Crippen LogP) is 17.7. The van der Waals surface area contributed by atoms with Crippen molar-refractivity contribution in [2.45, 2.75) is 310 Å². The maximum absolute atomic E-state index is 12.8. The summed E-state index contributed by atoms with van der Waals surface area (Å²) >= 11 is 0. The first-order chi connectivity index (χ1) is 29.8. The first-order valence-electron chi connectivity index (χ1n) is 27.3. The number of ether oxygens (including phenoxy) is 3. The van der Waals surface area contributed by atoms with Crippen LogP contribution in [-0.4, -0.2) is 37.2 Å². The van der Waals surface area contributed by atoms with E-state index < -0.39 is 6.10 Å². The lowest BCUT2D eigenvalue weighted by Gasteiger charge is -2.18. The van der Waals surface area contributed by atoms with Gasteiger partial charge in [0, 0.05) is 19.3 Å². The lowest BCUT2D eigenvalue weighted by Crippen LogP contribution is -2.30. The standard InChI is InChI=1S/C55H106O6/c1-6-8-9-10-11-12-13-14-15-16-17-18-27-32-37-42-47-55(58)61-52(48-59-53(56)45-40-35-30-25-21-19-23-28-33-38-43-50(3)4)49-60-54(57)46-41-36-31-26-22-20-24-29-34-39-44-51(5)7-2/h50-52H,6-49H2,1-5H3/t51?,52-/m0/s1. The number of unbranched alkanes of at least 4 members (excludes halogenated alkanes) is 33. The second kappa shape index (κ2) is 47.9. The number of hydrogen-bond acceptors (Lipinski definition) is 6. The van der Waals surface area contributed by atoms with E-state index in [0.717, 1.165) is 69.6 Å². The molecule has 2 atom stereocenters. The molecule has 0 aliphatic rings. The minimum Gasteiger partial charge on any atom is -0.462 e. The van der Waals surface area contributed by atoms with Crippen LogP contribution in [0.1, 0.15) is 304 Å². The Balaban J connectivity index is 4.32. The van der Waals surface area contributed by atoms with Crippen LogP contribution in [0.5, 0.6) is 0 Å².